The Morgan fingerprint density at radius 2 is 1.92 bits per heavy atom. The Labute approximate surface area is 146 Å². The number of hydrogen-bond donors (Lipinski definition) is 1. The van der Waals surface area contributed by atoms with Crippen molar-refractivity contribution in [2.45, 2.75) is 33.1 Å². The lowest BCUT2D eigenvalue weighted by Gasteiger charge is -2.14. The number of nitrogens with one attached hydrogen (secondary N) is 1. The van der Waals surface area contributed by atoms with Gasteiger partial charge in [0.25, 0.3) is 5.91 Å². The van der Waals surface area contributed by atoms with E-state index < -0.39 is 5.82 Å². The molecule has 1 atom stereocenters. The number of carbonyl (C=O) groups excluding carboxylic acids is 2. The van der Waals surface area contributed by atoms with E-state index in [1.807, 2.05) is 39.0 Å². The number of hydrogen-bond acceptors (Lipinski definition) is 3. The maximum atomic E-state index is 14.0. The lowest BCUT2D eigenvalue weighted by Crippen LogP contribution is -2.21. The molecule has 1 unspecified atom stereocenters. The van der Waals surface area contributed by atoms with E-state index in [0.29, 0.717) is 5.56 Å². The minimum absolute atomic E-state index is 0.146. The normalized spacial score (nSPS) is 15.8. The largest absolute Gasteiger partial charge is 0.483 e. The Hall–Kier alpha value is -2.69. The van der Waals surface area contributed by atoms with Crippen LogP contribution in [-0.2, 0) is 4.79 Å². The fourth-order valence-corrected chi connectivity index (χ4v) is 3.28. The van der Waals surface area contributed by atoms with E-state index in [0.717, 1.165) is 16.8 Å². The Balaban J connectivity index is 1.75. The van der Waals surface area contributed by atoms with Crippen LogP contribution >= 0.6 is 0 Å². The number of amides is 1. The van der Waals surface area contributed by atoms with Crippen molar-refractivity contribution in [2.24, 2.45) is 0 Å². The first kappa shape index (κ1) is 17.1. The van der Waals surface area contributed by atoms with Gasteiger partial charge in [-0.1, -0.05) is 25.1 Å². The predicted octanol–water partition coefficient (Wildman–Crippen LogP) is 4.15. The minimum Gasteiger partial charge on any atom is -0.483 e. The lowest BCUT2D eigenvalue weighted by molar-refractivity contribution is -0.118. The molecule has 0 aliphatic heterocycles. The van der Waals surface area contributed by atoms with Crippen molar-refractivity contribution < 1.29 is 18.7 Å². The van der Waals surface area contributed by atoms with Gasteiger partial charge in [0.15, 0.2) is 12.4 Å². The van der Waals surface area contributed by atoms with Gasteiger partial charge in [0.05, 0.1) is 5.56 Å². The number of carbonyl (C=O) groups is 2. The quantitative estimate of drug-likeness (QED) is 0.909. The van der Waals surface area contributed by atoms with Gasteiger partial charge in [0.1, 0.15) is 11.6 Å². The molecule has 2 aromatic carbocycles. The van der Waals surface area contributed by atoms with Crippen LogP contribution in [0, 0.1) is 19.7 Å². The maximum Gasteiger partial charge on any atom is 0.262 e. The van der Waals surface area contributed by atoms with E-state index in [-0.39, 0.29) is 41.9 Å². The Morgan fingerprint density at radius 1 is 1.24 bits per heavy atom. The van der Waals surface area contributed by atoms with Gasteiger partial charge in [0.2, 0.25) is 0 Å². The first-order chi connectivity index (χ1) is 11.9. The van der Waals surface area contributed by atoms with Gasteiger partial charge in [-0.25, -0.2) is 4.39 Å². The average molecular weight is 341 g/mol. The second-order valence-corrected chi connectivity index (χ2v) is 6.47. The summed E-state index contributed by atoms with van der Waals surface area (Å²) in [6.07, 6.45) is 0.265. The van der Waals surface area contributed by atoms with E-state index in [2.05, 4.69) is 5.32 Å². The molecule has 0 radical (unpaired) electrons. The van der Waals surface area contributed by atoms with Crippen molar-refractivity contribution in [1.82, 2.24) is 0 Å². The molecule has 0 saturated heterocycles. The monoisotopic (exact) mass is 341 g/mol. The molecule has 0 heterocycles. The number of benzene rings is 2. The molecule has 130 valence electrons. The summed E-state index contributed by atoms with van der Waals surface area (Å²) in [5.41, 5.74) is 3.33. The molecule has 25 heavy (non-hydrogen) atoms. The highest BCUT2D eigenvalue weighted by atomic mass is 19.1. The van der Waals surface area contributed by atoms with Gasteiger partial charge in [-0.05, 0) is 43.0 Å². The second kappa shape index (κ2) is 6.67. The first-order valence-electron chi connectivity index (χ1n) is 8.23. The van der Waals surface area contributed by atoms with Crippen LogP contribution in [0.5, 0.6) is 5.75 Å². The number of Topliss-reactive ketones (excluding diaryl/α,β-unsaturated/α-hetero) is 1. The molecule has 0 aromatic heterocycles. The van der Waals surface area contributed by atoms with E-state index >= 15 is 0 Å². The molecule has 0 spiro atoms. The van der Waals surface area contributed by atoms with E-state index in [1.165, 1.54) is 12.1 Å². The molecule has 1 aliphatic carbocycles. The molecule has 0 bridgehead atoms. The van der Waals surface area contributed by atoms with Crippen LogP contribution in [0.3, 0.4) is 0 Å². The molecule has 2 aromatic rings. The zero-order valence-electron chi connectivity index (χ0n) is 14.5. The standard InChI is InChI=1S/C20H20FNO3/c1-11-5-4-6-12(2)20(11)22-17(24)10-25-16-8-7-14(21)18-13(3)9-15(23)19(16)18/h4-8,13H,9-10H2,1-3H3,(H,22,24). The van der Waals surface area contributed by atoms with Crippen LogP contribution in [-0.4, -0.2) is 18.3 Å². The topological polar surface area (TPSA) is 55.4 Å². The van der Waals surface area contributed by atoms with Crippen LogP contribution in [0.2, 0.25) is 0 Å². The van der Waals surface area contributed by atoms with Crippen LogP contribution in [0.4, 0.5) is 10.1 Å². The van der Waals surface area contributed by atoms with Gasteiger partial charge in [-0.3, -0.25) is 9.59 Å². The zero-order valence-corrected chi connectivity index (χ0v) is 14.5. The Bertz CT molecular complexity index is 840. The number of aryl methyl sites for hydroxylation is 2. The third-order valence-electron chi connectivity index (χ3n) is 4.52. The molecule has 4 nitrogen and oxygen atoms in total. The second-order valence-electron chi connectivity index (χ2n) is 6.47. The third-order valence-corrected chi connectivity index (χ3v) is 4.52. The highest BCUT2D eigenvalue weighted by Crippen LogP contribution is 2.39. The average Bonchev–Trinajstić information content (AvgIpc) is 2.86. The van der Waals surface area contributed by atoms with E-state index in [9.17, 15) is 14.0 Å². The van der Waals surface area contributed by atoms with Gasteiger partial charge >= 0.3 is 0 Å². The molecule has 1 amide bonds. The summed E-state index contributed by atoms with van der Waals surface area (Å²) >= 11 is 0. The maximum absolute atomic E-state index is 14.0. The number of halogens is 1. The summed E-state index contributed by atoms with van der Waals surface area (Å²) < 4.78 is 19.5. The molecular formula is C20H20FNO3. The fraction of sp³-hybridized carbons (Fsp3) is 0.300. The summed E-state index contributed by atoms with van der Waals surface area (Å²) in [5, 5.41) is 2.82. The van der Waals surface area contributed by atoms with Crippen molar-refractivity contribution in [2.75, 3.05) is 11.9 Å². The van der Waals surface area contributed by atoms with Gasteiger partial charge in [-0.15, -0.1) is 0 Å². The van der Waals surface area contributed by atoms with Crippen molar-refractivity contribution >= 4 is 17.4 Å². The number of ether oxygens (including phenoxy) is 1. The van der Waals surface area contributed by atoms with Gasteiger partial charge < -0.3 is 10.1 Å². The summed E-state index contributed by atoms with van der Waals surface area (Å²) in [4.78, 5) is 24.3. The third kappa shape index (κ3) is 3.27. The first-order valence-corrected chi connectivity index (χ1v) is 8.23. The molecule has 5 heteroatoms. The summed E-state index contributed by atoms with van der Waals surface area (Å²) in [6.45, 7) is 5.39. The number of anilines is 1. The van der Waals surface area contributed by atoms with Crippen LogP contribution in [0.15, 0.2) is 30.3 Å². The molecule has 1 aliphatic rings. The lowest BCUT2D eigenvalue weighted by atomic mass is 10.0. The predicted molar refractivity (Wildman–Crippen MR) is 93.8 cm³/mol. The van der Waals surface area contributed by atoms with Crippen molar-refractivity contribution in [1.29, 1.82) is 0 Å². The van der Waals surface area contributed by atoms with Crippen molar-refractivity contribution in [3.63, 3.8) is 0 Å². The molecular weight excluding hydrogens is 321 g/mol. The Morgan fingerprint density at radius 3 is 2.60 bits per heavy atom. The molecule has 1 N–H and O–H groups in total. The highest BCUT2D eigenvalue weighted by Gasteiger charge is 2.32. The summed E-state index contributed by atoms with van der Waals surface area (Å²) in [5.74, 6) is -0.779. The number of ketones is 1. The SMILES string of the molecule is Cc1cccc(C)c1NC(=O)COc1ccc(F)c2c1C(=O)CC2C. The smallest absolute Gasteiger partial charge is 0.262 e. The zero-order chi connectivity index (χ0) is 18.1. The minimum atomic E-state index is -0.402. The Kier molecular flexibility index (Phi) is 4.57. The molecule has 0 fully saturated rings. The number of para-hydroxylation sites is 1. The number of rotatable bonds is 4. The number of fused-ring (bicyclic) bond motifs is 1. The van der Waals surface area contributed by atoms with Crippen LogP contribution in [0.25, 0.3) is 0 Å². The van der Waals surface area contributed by atoms with Gasteiger partial charge in [-0.2, -0.15) is 0 Å². The van der Waals surface area contributed by atoms with Crippen molar-refractivity contribution in [3.05, 3.63) is 58.4 Å². The summed E-state index contributed by atoms with van der Waals surface area (Å²) in [7, 11) is 0. The molecule has 0 saturated carbocycles. The highest BCUT2D eigenvalue weighted by molar-refractivity contribution is 6.04. The van der Waals surface area contributed by atoms with E-state index in [4.69, 9.17) is 4.74 Å². The van der Waals surface area contributed by atoms with Gasteiger partial charge in [0, 0.05) is 17.7 Å². The van der Waals surface area contributed by atoms with Crippen LogP contribution < -0.4 is 10.1 Å². The van der Waals surface area contributed by atoms with Crippen molar-refractivity contribution in [3.8, 4) is 5.75 Å². The van der Waals surface area contributed by atoms with Crippen LogP contribution in [0.1, 0.15) is 46.3 Å². The molecule has 3 rings (SSSR count). The fourth-order valence-electron chi connectivity index (χ4n) is 3.28. The summed E-state index contributed by atoms with van der Waals surface area (Å²) in [6, 6.07) is 8.45. The van der Waals surface area contributed by atoms with E-state index in [1.54, 1.807) is 0 Å².